The fraction of sp³-hybridized carbons (Fsp3) is 0.929. The molecule has 4 rings (SSSR count). The zero-order valence-electron chi connectivity index (χ0n) is 11.3. The Kier molecular flexibility index (Phi) is 2.24. The minimum absolute atomic E-state index is 0.0105. The third kappa shape index (κ3) is 1.29. The number of unbranched alkanes of at least 4 members (excludes halogenated alkanes) is 1. The quantitative estimate of drug-likeness (QED) is 0.784. The summed E-state index contributed by atoms with van der Waals surface area (Å²) in [5.74, 6) is -1.72. The maximum Gasteiger partial charge on any atom is 0.312 e. The Balaban J connectivity index is 1.75. The number of rotatable bonds is 3. The van der Waals surface area contributed by atoms with Gasteiger partial charge < -0.3 is 19.3 Å². The number of aliphatic hydroxyl groups excluding tert-OH is 1. The van der Waals surface area contributed by atoms with E-state index in [2.05, 4.69) is 6.92 Å². The Bertz CT molecular complexity index is 438. The van der Waals surface area contributed by atoms with Gasteiger partial charge >= 0.3 is 5.97 Å². The van der Waals surface area contributed by atoms with Gasteiger partial charge in [-0.2, -0.15) is 0 Å². The molecule has 0 radical (unpaired) electrons. The van der Waals surface area contributed by atoms with Crippen LogP contribution < -0.4 is 0 Å². The molecule has 19 heavy (non-hydrogen) atoms. The monoisotopic (exact) mass is 268 g/mol. The maximum absolute atomic E-state index is 12.1. The summed E-state index contributed by atoms with van der Waals surface area (Å²) in [6.07, 6.45) is 2.59. The van der Waals surface area contributed by atoms with E-state index in [9.17, 15) is 9.90 Å². The van der Waals surface area contributed by atoms with Gasteiger partial charge in [0.15, 0.2) is 12.1 Å². The van der Waals surface area contributed by atoms with E-state index in [1.165, 1.54) is 0 Å². The number of carbonyl (C=O) groups is 1. The SMILES string of the molecule is CCCC[C@]12OC(=O)[C@H]3C[C@@H]4[C@H]([C@@H]31)[C@@](C)(O[C@H]4O)O2. The smallest absolute Gasteiger partial charge is 0.312 e. The van der Waals surface area contributed by atoms with Crippen molar-refractivity contribution in [1.29, 1.82) is 0 Å². The molecule has 1 N–H and O–H groups in total. The second kappa shape index (κ2) is 3.51. The Hall–Kier alpha value is -0.650. The molecule has 0 spiro atoms. The zero-order chi connectivity index (χ0) is 13.4. The van der Waals surface area contributed by atoms with E-state index < -0.39 is 17.9 Å². The number of esters is 1. The predicted octanol–water partition coefficient (Wildman–Crippen LogP) is 1.39. The molecule has 0 unspecified atom stereocenters. The third-order valence-corrected chi connectivity index (χ3v) is 5.47. The summed E-state index contributed by atoms with van der Waals surface area (Å²) < 4.78 is 17.4. The third-order valence-electron chi connectivity index (χ3n) is 5.47. The Labute approximate surface area is 112 Å². The lowest BCUT2D eigenvalue weighted by Gasteiger charge is -2.30. The Morgan fingerprint density at radius 3 is 2.95 bits per heavy atom. The number of carbonyl (C=O) groups excluding carboxylic acids is 1. The van der Waals surface area contributed by atoms with Crippen LogP contribution in [0.25, 0.3) is 0 Å². The van der Waals surface area contributed by atoms with Crippen molar-refractivity contribution >= 4 is 5.97 Å². The molecule has 7 atom stereocenters. The van der Waals surface area contributed by atoms with E-state index in [-0.39, 0.29) is 29.6 Å². The van der Waals surface area contributed by atoms with Crippen LogP contribution >= 0.6 is 0 Å². The molecule has 0 aromatic heterocycles. The van der Waals surface area contributed by atoms with Gasteiger partial charge in [0, 0.05) is 24.2 Å². The second-order valence-corrected chi connectivity index (χ2v) is 6.52. The van der Waals surface area contributed by atoms with Crippen LogP contribution in [0.15, 0.2) is 0 Å². The van der Waals surface area contributed by atoms with Crippen molar-refractivity contribution in [3.63, 3.8) is 0 Å². The summed E-state index contributed by atoms with van der Waals surface area (Å²) in [5.41, 5.74) is 0. The number of hydrogen-bond donors (Lipinski definition) is 1. The van der Waals surface area contributed by atoms with Crippen LogP contribution in [0.2, 0.25) is 0 Å². The zero-order valence-corrected chi connectivity index (χ0v) is 11.3. The molecule has 4 aliphatic rings. The first-order valence-corrected chi connectivity index (χ1v) is 7.30. The summed E-state index contributed by atoms with van der Waals surface area (Å²) in [6.45, 7) is 3.99. The molecule has 0 aromatic carbocycles. The molecule has 1 aliphatic carbocycles. The van der Waals surface area contributed by atoms with E-state index in [0.29, 0.717) is 6.42 Å². The first kappa shape index (κ1) is 12.1. The van der Waals surface area contributed by atoms with Crippen LogP contribution in [0, 0.1) is 23.7 Å². The van der Waals surface area contributed by atoms with Crippen molar-refractivity contribution in [2.75, 3.05) is 0 Å². The average molecular weight is 268 g/mol. The molecule has 4 fully saturated rings. The van der Waals surface area contributed by atoms with Gasteiger partial charge in [-0.15, -0.1) is 0 Å². The second-order valence-electron chi connectivity index (χ2n) is 6.52. The minimum atomic E-state index is -0.808. The molecule has 106 valence electrons. The van der Waals surface area contributed by atoms with Gasteiger partial charge in [0.25, 0.3) is 0 Å². The molecule has 0 aromatic rings. The molecule has 5 heteroatoms. The highest BCUT2D eigenvalue weighted by molar-refractivity contribution is 5.77. The predicted molar refractivity (Wildman–Crippen MR) is 63.5 cm³/mol. The Morgan fingerprint density at radius 1 is 1.42 bits per heavy atom. The lowest BCUT2D eigenvalue weighted by Crippen LogP contribution is -2.38. The van der Waals surface area contributed by atoms with Gasteiger partial charge in [-0.25, -0.2) is 0 Å². The normalized spacial score (nSPS) is 57.6. The molecular weight excluding hydrogens is 248 g/mol. The fourth-order valence-electron chi connectivity index (χ4n) is 4.87. The maximum atomic E-state index is 12.1. The van der Waals surface area contributed by atoms with Gasteiger partial charge in [0.2, 0.25) is 5.79 Å². The van der Waals surface area contributed by atoms with E-state index >= 15 is 0 Å². The van der Waals surface area contributed by atoms with Crippen molar-refractivity contribution in [3.05, 3.63) is 0 Å². The summed E-state index contributed by atoms with van der Waals surface area (Å²) in [4.78, 5) is 12.1. The van der Waals surface area contributed by atoms with E-state index in [4.69, 9.17) is 14.2 Å². The van der Waals surface area contributed by atoms with Gasteiger partial charge in [0.05, 0.1) is 5.92 Å². The van der Waals surface area contributed by atoms with Gasteiger partial charge in [0.1, 0.15) is 0 Å². The molecule has 0 amide bonds. The molecule has 3 heterocycles. The molecular formula is C14H20O5. The van der Waals surface area contributed by atoms with Crippen molar-refractivity contribution < 1.29 is 24.1 Å². The van der Waals surface area contributed by atoms with Crippen molar-refractivity contribution in [3.8, 4) is 0 Å². The summed E-state index contributed by atoms with van der Waals surface area (Å²) >= 11 is 0. The van der Waals surface area contributed by atoms with Crippen LogP contribution in [0.5, 0.6) is 0 Å². The first-order valence-electron chi connectivity index (χ1n) is 7.30. The molecule has 1 saturated carbocycles. The summed E-state index contributed by atoms with van der Waals surface area (Å²) in [7, 11) is 0. The van der Waals surface area contributed by atoms with Gasteiger partial charge in [-0.1, -0.05) is 13.3 Å². The number of ether oxygens (including phenoxy) is 3. The highest BCUT2D eigenvalue weighted by atomic mass is 16.8. The molecule has 0 bridgehead atoms. The van der Waals surface area contributed by atoms with Crippen LogP contribution in [-0.2, 0) is 19.0 Å². The fourth-order valence-corrected chi connectivity index (χ4v) is 4.87. The van der Waals surface area contributed by atoms with Crippen LogP contribution in [-0.4, -0.2) is 28.9 Å². The molecule has 3 saturated heterocycles. The highest BCUT2D eigenvalue weighted by Gasteiger charge is 2.78. The lowest BCUT2D eigenvalue weighted by atomic mass is 9.81. The molecule has 5 nitrogen and oxygen atoms in total. The van der Waals surface area contributed by atoms with Gasteiger partial charge in [-0.3, -0.25) is 4.79 Å². The minimum Gasteiger partial charge on any atom is -0.432 e. The van der Waals surface area contributed by atoms with Crippen LogP contribution in [0.4, 0.5) is 0 Å². The lowest BCUT2D eigenvalue weighted by molar-refractivity contribution is -0.321. The average Bonchev–Trinajstić information content (AvgIpc) is 2.97. The topological polar surface area (TPSA) is 65.0 Å². The van der Waals surface area contributed by atoms with Crippen LogP contribution in [0.1, 0.15) is 39.5 Å². The summed E-state index contributed by atoms with van der Waals surface area (Å²) in [5, 5.41) is 10.0. The largest absolute Gasteiger partial charge is 0.432 e. The van der Waals surface area contributed by atoms with Gasteiger partial charge in [-0.05, 0) is 19.8 Å². The van der Waals surface area contributed by atoms with E-state index in [1.807, 2.05) is 6.92 Å². The molecule has 3 aliphatic heterocycles. The highest BCUT2D eigenvalue weighted by Crippen LogP contribution is 2.68. The van der Waals surface area contributed by atoms with Crippen LogP contribution in [0.3, 0.4) is 0 Å². The number of aliphatic hydroxyl groups is 1. The Morgan fingerprint density at radius 2 is 2.21 bits per heavy atom. The van der Waals surface area contributed by atoms with Crippen molar-refractivity contribution in [1.82, 2.24) is 0 Å². The standard InChI is InChI=1S/C14H20O5/c1-3-4-5-14-10-8(12(16)18-14)6-7-9(10)13(2,19-14)17-11(7)15/h7-11,15H,3-6H2,1-2H3/t7-,8+,9-,10-,11-,13+,14-/m1/s1. The first-order chi connectivity index (χ1) is 9.01. The number of hydrogen-bond acceptors (Lipinski definition) is 5. The van der Waals surface area contributed by atoms with Crippen molar-refractivity contribution in [2.24, 2.45) is 23.7 Å². The van der Waals surface area contributed by atoms with E-state index in [1.54, 1.807) is 0 Å². The summed E-state index contributed by atoms with van der Waals surface area (Å²) in [6, 6.07) is 0. The van der Waals surface area contributed by atoms with E-state index in [0.717, 1.165) is 19.3 Å². The van der Waals surface area contributed by atoms with Crippen molar-refractivity contribution in [2.45, 2.75) is 57.4 Å².